The minimum absolute atomic E-state index is 0.0389. The number of phenols is 2. The molecule has 6 heteroatoms. The second-order valence-corrected chi connectivity index (χ2v) is 4.91. The van der Waals surface area contributed by atoms with Crippen molar-refractivity contribution in [3.8, 4) is 17.6 Å². The molecule has 0 radical (unpaired) electrons. The summed E-state index contributed by atoms with van der Waals surface area (Å²) in [7, 11) is 0. The topological polar surface area (TPSA) is 108 Å². The Kier molecular flexibility index (Phi) is 5.17. The molecule has 0 aliphatic rings. The lowest BCUT2D eigenvalue weighted by atomic mass is 9.87. The number of nitrogens with zero attached hydrogens (tertiary/aromatic N) is 1. The van der Waals surface area contributed by atoms with E-state index in [1.807, 2.05) is 0 Å². The number of nitriles is 1. The molecule has 1 atom stereocenters. The van der Waals surface area contributed by atoms with Gasteiger partial charge in [-0.25, -0.2) is 4.79 Å². The highest BCUT2D eigenvalue weighted by atomic mass is 16.5. The fourth-order valence-corrected chi connectivity index (χ4v) is 2.33. The van der Waals surface area contributed by atoms with E-state index >= 15 is 0 Å². The first kappa shape index (κ1) is 17.0. The number of aromatic hydroxyl groups is 2. The van der Waals surface area contributed by atoms with Crippen LogP contribution < -0.4 is 0 Å². The van der Waals surface area contributed by atoms with Gasteiger partial charge < -0.3 is 14.9 Å². The molecule has 0 aliphatic carbocycles. The van der Waals surface area contributed by atoms with Crippen molar-refractivity contribution in [2.75, 3.05) is 6.61 Å². The molecule has 24 heavy (non-hydrogen) atoms. The van der Waals surface area contributed by atoms with Crippen LogP contribution in [0.25, 0.3) is 0 Å². The molecule has 2 rings (SSSR count). The molecular formula is C18H15NO5. The lowest BCUT2D eigenvalue weighted by molar-refractivity contribution is 0.0521. The number of esters is 1. The summed E-state index contributed by atoms with van der Waals surface area (Å²) in [6.45, 7) is 1.62. The predicted octanol–water partition coefficient (Wildman–Crippen LogP) is 2.76. The summed E-state index contributed by atoms with van der Waals surface area (Å²) in [5.74, 6) is -3.88. The second kappa shape index (κ2) is 7.29. The van der Waals surface area contributed by atoms with E-state index in [4.69, 9.17) is 4.74 Å². The zero-order valence-electron chi connectivity index (χ0n) is 12.9. The van der Waals surface area contributed by atoms with E-state index in [9.17, 15) is 25.1 Å². The van der Waals surface area contributed by atoms with Gasteiger partial charge in [0.05, 0.1) is 12.7 Å². The van der Waals surface area contributed by atoms with Gasteiger partial charge in [0.25, 0.3) is 0 Å². The number of hydrogen-bond acceptors (Lipinski definition) is 6. The Hall–Kier alpha value is -3.33. The predicted molar refractivity (Wildman–Crippen MR) is 84.9 cm³/mol. The maximum absolute atomic E-state index is 12.6. The molecule has 0 aromatic heterocycles. The van der Waals surface area contributed by atoms with Crippen molar-refractivity contribution in [3.63, 3.8) is 0 Å². The summed E-state index contributed by atoms with van der Waals surface area (Å²) in [4.78, 5) is 24.7. The molecule has 0 heterocycles. The van der Waals surface area contributed by atoms with E-state index in [0.717, 1.165) is 12.1 Å². The van der Waals surface area contributed by atoms with Gasteiger partial charge >= 0.3 is 5.97 Å². The third kappa shape index (κ3) is 3.20. The van der Waals surface area contributed by atoms with Crippen LogP contribution in [0.3, 0.4) is 0 Å². The molecule has 0 fully saturated rings. The number of hydrogen-bond donors (Lipinski definition) is 2. The standard InChI is InChI=1S/C18H15NO5/c1-2-24-18(23)16-14(21)9-8-13(20)15(16)12(10-19)17(22)11-6-4-3-5-7-11/h3-9,12,20-21H,2H2,1H3. The minimum Gasteiger partial charge on any atom is -0.508 e. The molecule has 2 N–H and O–H groups in total. The first-order chi connectivity index (χ1) is 11.5. The van der Waals surface area contributed by atoms with Crippen LogP contribution in [0, 0.1) is 11.3 Å². The van der Waals surface area contributed by atoms with Gasteiger partial charge in [0, 0.05) is 11.1 Å². The van der Waals surface area contributed by atoms with Gasteiger partial charge in [-0.2, -0.15) is 5.26 Å². The first-order valence-corrected chi connectivity index (χ1v) is 7.22. The maximum Gasteiger partial charge on any atom is 0.342 e. The smallest absolute Gasteiger partial charge is 0.342 e. The molecule has 2 aromatic rings. The van der Waals surface area contributed by atoms with Crippen molar-refractivity contribution in [1.82, 2.24) is 0 Å². The number of rotatable bonds is 5. The third-order valence-electron chi connectivity index (χ3n) is 3.42. The number of ether oxygens (including phenoxy) is 1. The molecule has 1 unspecified atom stereocenters. The highest BCUT2D eigenvalue weighted by molar-refractivity contribution is 6.06. The first-order valence-electron chi connectivity index (χ1n) is 7.22. The molecule has 0 saturated heterocycles. The van der Waals surface area contributed by atoms with Crippen molar-refractivity contribution in [3.05, 3.63) is 59.2 Å². The fraction of sp³-hybridized carbons (Fsp3) is 0.167. The van der Waals surface area contributed by atoms with Crippen LogP contribution in [-0.4, -0.2) is 28.6 Å². The van der Waals surface area contributed by atoms with Crippen LogP contribution in [0.4, 0.5) is 0 Å². The number of ketones is 1. The Morgan fingerprint density at radius 2 is 1.75 bits per heavy atom. The van der Waals surface area contributed by atoms with Gasteiger partial charge in [-0.05, 0) is 19.1 Å². The Labute approximate surface area is 138 Å². The van der Waals surface area contributed by atoms with Crippen molar-refractivity contribution >= 4 is 11.8 Å². The lowest BCUT2D eigenvalue weighted by Gasteiger charge is -2.16. The number of benzene rings is 2. The zero-order valence-corrected chi connectivity index (χ0v) is 12.9. The van der Waals surface area contributed by atoms with E-state index < -0.39 is 29.2 Å². The number of Topliss-reactive ketones (excluding diaryl/α,β-unsaturated/α-hetero) is 1. The van der Waals surface area contributed by atoms with E-state index in [-0.39, 0.29) is 23.3 Å². The number of carbonyl (C=O) groups excluding carboxylic acids is 2. The Bertz CT molecular complexity index is 808. The van der Waals surface area contributed by atoms with Gasteiger partial charge in [0.15, 0.2) is 5.78 Å². The molecule has 6 nitrogen and oxygen atoms in total. The summed E-state index contributed by atoms with van der Waals surface area (Å²) in [6.07, 6.45) is 0. The van der Waals surface area contributed by atoms with Gasteiger partial charge in [0.2, 0.25) is 0 Å². The molecule has 2 aromatic carbocycles. The second-order valence-electron chi connectivity index (χ2n) is 4.91. The third-order valence-corrected chi connectivity index (χ3v) is 3.42. The Morgan fingerprint density at radius 3 is 2.33 bits per heavy atom. The average Bonchev–Trinajstić information content (AvgIpc) is 2.59. The van der Waals surface area contributed by atoms with Gasteiger partial charge in [-0.1, -0.05) is 30.3 Å². The van der Waals surface area contributed by atoms with Crippen LogP contribution in [0.15, 0.2) is 42.5 Å². The maximum atomic E-state index is 12.6. The summed E-state index contributed by atoms with van der Waals surface area (Å²) in [5.41, 5.74) is -0.390. The number of phenolic OH excluding ortho intramolecular Hbond substituents is 2. The van der Waals surface area contributed by atoms with Crippen molar-refractivity contribution in [1.29, 1.82) is 5.26 Å². The van der Waals surface area contributed by atoms with E-state index in [1.54, 1.807) is 31.2 Å². The van der Waals surface area contributed by atoms with Crippen molar-refractivity contribution in [2.45, 2.75) is 12.8 Å². The molecule has 0 spiro atoms. The van der Waals surface area contributed by atoms with Crippen molar-refractivity contribution in [2.24, 2.45) is 0 Å². The lowest BCUT2D eigenvalue weighted by Crippen LogP contribution is -2.17. The normalized spacial score (nSPS) is 11.3. The molecule has 0 saturated carbocycles. The summed E-state index contributed by atoms with van der Waals surface area (Å²) in [6, 6.07) is 12.1. The zero-order chi connectivity index (χ0) is 17.7. The molecule has 0 aliphatic heterocycles. The van der Waals surface area contributed by atoms with Crippen LogP contribution >= 0.6 is 0 Å². The summed E-state index contributed by atoms with van der Waals surface area (Å²) >= 11 is 0. The van der Waals surface area contributed by atoms with Crippen LogP contribution in [0.2, 0.25) is 0 Å². The average molecular weight is 325 g/mol. The summed E-state index contributed by atoms with van der Waals surface area (Å²) < 4.78 is 4.85. The van der Waals surface area contributed by atoms with Gasteiger partial charge in [0.1, 0.15) is 23.0 Å². The number of carbonyl (C=O) groups is 2. The molecule has 0 amide bonds. The van der Waals surface area contributed by atoms with Crippen LogP contribution in [0.1, 0.15) is 39.1 Å². The monoisotopic (exact) mass is 325 g/mol. The molecular weight excluding hydrogens is 310 g/mol. The minimum atomic E-state index is -1.46. The van der Waals surface area contributed by atoms with Gasteiger partial charge in [-0.15, -0.1) is 0 Å². The summed E-state index contributed by atoms with van der Waals surface area (Å²) in [5, 5.41) is 29.5. The largest absolute Gasteiger partial charge is 0.508 e. The van der Waals surface area contributed by atoms with Crippen LogP contribution in [-0.2, 0) is 4.74 Å². The highest BCUT2D eigenvalue weighted by Gasteiger charge is 2.32. The Balaban J connectivity index is 2.61. The van der Waals surface area contributed by atoms with E-state index in [1.165, 1.54) is 12.1 Å². The van der Waals surface area contributed by atoms with E-state index in [0.29, 0.717) is 0 Å². The van der Waals surface area contributed by atoms with Gasteiger partial charge in [-0.3, -0.25) is 4.79 Å². The fourth-order valence-electron chi connectivity index (χ4n) is 2.33. The Morgan fingerprint density at radius 1 is 1.12 bits per heavy atom. The SMILES string of the molecule is CCOC(=O)c1c(O)ccc(O)c1C(C#N)C(=O)c1ccccc1. The quantitative estimate of drug-likeness (QED) is 0.497. The molecule has 122 valence electrons. The van der Waals surface area contributed by atoms with Crippen molar-refractivity contribution < 1.29 is 24.5 Å². The highest BCUT2D eigenvalue weighted by Crippen LogP contribution is 2.36. The molecule has 0 bridgehead atoms. The van der Waals surface area contributed by atoms with E-state index in [2.05, 4.69) is 0 Å². The van der Waals surface area contributed by atoms with Crippen LogP contribution in [0.5, 0.6) is 11.5 Å².